The molecule has 0 atom stereocenters. The Morgan fingerprint density at radius 1 is 1.20 bits per heavy atom. The fourth-order valence-electron chi connectivity index (χ4n) is 1.90. The molecule has 0 aliphatic carbocycles. The van der Waals surface area contributed by atoms with Crippen LogP contribution in [0.1, 0.15) is 12.5 Å². The van der Waals surface area contributed by atoms with Gasteiger partial charge in [-0.1, -0.05) is 68.3 Å². The Kier molecular flexibility index (Phi) is 5.97. The van der Waals surface area contributed by atoms with E-state index < -0.39 is 7.12 Å². The monoisotopic (exact) mass is 266 g/mol. The summed E-state index contributed by atoms with van der Waals surface area (Å²) in [5.41, 5.74) is 3.85. The molecule has 2 N–H and O–H groups in total. The van der Waals surface area contributed by atoms with Crippen molar-refractivity contribution in [2.45, 2.75) is 6.92 Å². The Balaban J connectivity index is 3.49. The first-order valence-electron chi connectivity index (χ1n) is 6.32. The third-order valence-electron chi connectivity index (χ3n) is 2.92. The van der Waals surface area contributed by atoms with Crippen LogP contribution in [0, 0.1) is 0 Å². The standard InChI is InChI=1S/C17H19BO2/c1-5-9-17(13(4)6-2)16(7-3)14-10-8-11-15(12-14)18(19)20/h5-12,19-20H,2-4H2,1H3/b9-5-,17-16+. The Bertz CT molecular complexity index is 580. The molecule has 0 fully saturated rings. The van der Waals surface area contributed by atoms with Crippen molar-refractivity contribution < 1.29 is 10.0 Å². The van der Waals surface area contributed by atoms with Crippen LogP contribution in [-0.4, -0.2) is 17.2 Å². The molecule has 0 heterocycles. The van der Waals surface area contributed by atoms with Gasteiger partial charge in [-0.05, 0) is 34.7 Å². The summed E-state index contributed by atoms with van der Waals surface area (Å²) in [6.45, 7) is 13.5. The molecule has 0 spiro atoms. The van der Waals surface area contributed by atoms with Gasteiger partial charge in [0.05, 0.1) is 0 Å². The van der Waals surface area contributed by atoms with Crippen LogP contribution in [-0.2, 0) is 0 Å². The lowest BCUT2D eigenvalue weighted by molar-refractivity contribution is 0.426. The van der Waals surface area contributed by atoms with Gasteiger partial charge in [-0.25, -0.2) is 0 Å². The van der Waals surface area contributed by atoms with Gasteiger partial charge in [-0.2, -0.15) is 0 Å². The van der Waals surface area contributed by atoms with Crippen LogP contribution < -0.4 is 5.46 Å². The van der Waals surface area contributed by atoms with Crippen LogP contribution in [0.2, 0.25) is 0 Å². The van der Waals surface area contributed by atoms with Crippen LogP contribution in [0.5, 0.6) is 0 Å². The second-order valence-electron chi connectivity index (χ2n) is 4.26. The summed E-state index contributed by atoms with van der Waals surface area (Å²) in [6, 6.07) is 7.05. The maximum Gasteiger partial charge on any atom is 0.488 e. The maximum atomic E-state index is 9.27. The first kappa shape index (κ1) is 16.0. The highest BCUT2D eigenvalue weighted by molar-refractivity contribution is 6.58. The first-order chi connectivity index (χ1) is 9.54. The SMILES string of the molecule is C=CC(=C)C(/C=C\C)=C(\C=C)c1cccc(B(O)O)c1. The largest absolute Gasteiger partial charge is 0.488 e. The highest BCUT2D eigenvalue weighted by atomic mass is 16.4. The zero-order valence-corrected chi connectivity index (χ0v) is 11.7. The van der Waals surface area contributed by atoms with Crippen LogP contribution in [0.25, 0.3) is 5.57 Å². The highest BCUT2D eigenvalue weighted by Gasteiger charge is 2.13. The van der Waals surface area contributed by atoms with E-state index in [1.54, 1.807) is 30.4 Å². The fourth-order valence-corrected chi connectivity index (χ4v) is 1.90. The summed E-state index contributed by atoms with van der Waals surface area (Å²) >= 11 is 0. The molecular formula is C17H19BO2. The quantitative estimate of drug-likeness (QED) is 0.613. The van der Waals surface area contributed by atoms with Crippen LogP contribution >= 0.6 is 0 Å². The van der Waals surface area contributed by atoms with Crippen molar-refractivity contribution in [3.63, 3.8) is 0 Å². The third kappa shape index (κ3) is 3.70. The normalized spacial score (nSPS) is 11.9. The van der Waals surface area contributed by atoms with Crippen molar-refractivity contribution >= 4 is 18.2 Å². The minimum absolute atomic E-state index is 0.436. The van der Waals surface area contributed by atoms with E-state index in [0.29, 0.717) is 5.46 Å². The minimum Gasteiger partial charge on any atom is -0.423 e. The van der Waals surface area contributed by atoms with Gasteiger partial charge in [0.25, 0.3) is 0 Å². The molecule has 0 bridgehead atoms. The second-order valence-corrected chi connectivity index (χ2v) is 4.26. The molecule has 0 saturated heterocycles. The summed E-state index contributed by atoms with van der Waals surface area (Å²) in [7, 11) is -1.49. The lowest BCUT2D eigenvalue weighted by Crippen LogP contribution is -2.29. The zero-order chi connectivity index (χ0) is 15.1. The lowest BCUT2D eigenvalue weighted by atomic mass is 9.78. The molecule has 1 rings (SSSR count). The van der Waals surface area contributed by atoms with E-state index in [2.05, 4.69) is 19.7 Å². The van der Waals surface area contributed by atoms with Crippen molar-refractivity contribution in [3.8, 4) is 0 Å². The van der Waals surface area contributed by atoms with Gasteiger partial charge < -0.3 is 10.0 Å². The molecule has 0 aromatic heterocycles. The minimum atomic E-state index is -1.49. The summed E-state index contributed by atoms with van der Waals surface area (Å²) in [5, 5.41) is 18.5. The van der Waals surface area contributed by atoms with Gasteiger partial charge in [-0.15, -0.1) is 0 Å². The Labute approximate surface area is 120 Å². The molecule has 3 heteroatoms. The van der Waals surface area contributed by atoms with Gasteiger partial charge >= 0.3 is 7.12 Å². The number of benzene rings is 1. The topological polar surface area (TPSA) is 40.5 Å². The number of hydrogen-bond acceptors (Lipinski definition) is 2. The smallest absolute Gasteiger partial charge is 0.423 e. The predicted molar refractivity (Wildman–Crippen MR) is 87.5 cm³/mol. The van der Waals surface area contributed by atoms with E-state index in [1.165, 1.54) is 0 Å². The summed E-state index contributed by atoms with van der Waals surface area (Å²) in [4.78, 5) is 0. The van der Waals surface area contributed by atoms with Crippen molar-refractivity contribution in [2.24, 2.45) is 0 Å². The number of rotatable bonds is 6. The van der Waals surface area contributed by atoms with Crippen molar-refractivity contribution in [3.05, 3.63) is 85.0 Å². The number of allylic oxidation sites excluding steroid dienone is 7. The Hall–Kier alpha value is -2.10. The summed E-state index contributed by atoms with van der Waals surface area (Å²) in [5.74, 6) is 0. The van der Waals surface area contributed by atoms with Crippen LogP contribution in [0.15, 0.2) is 79.5 Å². The highest BCUT2D eigenvalue weighted by Crippen LogP contribution is 2.25. The zero-order valence-electron chi connectivity index (χ0n) is 11.7. The fraction of sp³-hybridized carbons (Fsp3) is 0.0588. The summed E-state index contributed by atoms with van der Waals surface area (Å²) in [6.07, 6.45) is 7.26. The third-order valence-corrected chi connectivity index (χ3v) is 2.92. The lowest BCUT2D eigenvalue weighted by Gasteiger charge is -2.11. The second kappa shape index (κ2) is 7.48. The van der Waals surface area contributed by atoms with Crippen LogP contribution in [0.4, 0.5) is 0 Å². The molecule has 102 valence electrons. The first-order valence-corrected chi connectivity index (χ1v) is 6.32. The molecule has 0 radical (unpaired) electrons. The molecule has 0 aliphatic rings. The van der Waals surface area contributed by atoms with E-state index in [9.17, 15) is 10.0 Å². The van der Waals surface area contributed by atoms with Gasteiger partial charge in [0.2, 0.25) is 0 Å². The van der Waals surface area contributed by atoms with Crippen LogP contribution in [0.3, 0.4) is 0 Å². The van der Waals surface area contributed by atoms with E-state index in [4.69, 9.17) is 0 Å². The van der Waals surface area contributed by atoms with Gasteiger partial charge in [0.1, 0.15) is 0 Å². The Morgan fingerprint density at radius 3 is 2.40 bits per heavy atom. The average Bonchev–Trinajstić information content (AvgIpc) is 2.46. The molecule has 0 amide bonds. The van der Waals surface area contributed by atoms with Gasteiger partial charge in [0.15, 0.2) is 0 Å². The molecule has 0 unspecified atom stereocenters. The van der Waals surface area contributed by atoms with E-state index in [1.807, 2.05) is 25.1 Å². The van der Waals surface area contributed by atoms with E-state index >= 15 is 0 Å². The summed E-state index contributed by atoms with van der Waals surface area (Å²) < 4.78 is 0. The average molecular weight is 266 g/mol. The molecule has 20 heavy (non-hydrogen) atoms. The van der Waals surface area contributed by atoms with E-state index in [0.717, 1.165) is 22.3 Å². The van der Waals surface area contributed by atoms with Crippen molar-refractivity contribution in [1.82, 2.24) is 0 Å². The Morgan fingerprint density at radius 2 is 1.90 bits per heavy atom. The molecule has 0 saturated carbocycles. The molecule has 1 aromatic rings. The molecule has 2 nitrogen and oxygen atoms in total. The van der Waals surface area contributed by atoms with Gasteiger partial charge in [-0.3, -0.25) is 0 Å². The molecule has 0 aliphatic heterocycles. The predicted octanol–water partition coefficient (Wildman–Crippen LogP) is 2.62. The van der Waals surface area contributed by atoms with Gasteiger partial charge in [0, 0.05) is 0 Å². The molecular weight excluding hydrogens is 247 g/mol. The van der Waals surface area contributed by atoms with Crippen molar-refractivity contribution in [1.29, 1.82) is 0 Å². The van der Waals surface area contributed by atoms with Crippen molar-refractivity contribution in [2.75, 3.05) is 0 Å². The van der Waals surface area contributed by atoms with E-state index in [-0.39, 0.29) is 0 Å². The number of hydrogen-bond donors (Lipinski definition) is 2. The maximum absolute atomic E-state index is 9.27. The molecule has 1 aromatic carbocycles.